The molecule has 3 rings (SSSR count). The molecule has 0 saturated carbocycles. The number of benzene rings is 1. The third-order valence-electron chi connectivity index (χ3n) is 5.31. The molecule has 1 fully saturated rings. The van der Waals surface area contributed by atoms with Crippen LogP contribution in [-0.4, -0.2) is 41.9 Å². The van der Waals surface area contributed by atoms with Gasteiger partial charge in [-0.15, -0.1) is 10.2 Å². The fourth-order valence-corrected chi connectivity index (χ4v) is 5.98. The van der Waals surface area contributed by atoms with Crippen LogP contribution in [0.3, 0.4) is 0 Å². The number of aromatic nitrogens is 2. The summed E-state index contributed by atoms with van der Waals surface area (Å²) in [4.78, 5) is 12.8. The second kappa shape index (κ2) is 7.65. The van der Waals surface area contributed by atoms with Crippen molar-refractivity contribution >= 4 is 32.4 Å². The highest BCUT2D eigenvalue weighted by Crippen LogP contribution is 2.31. The number of amides is 1. The largest absolute Gasteiger partial charge is 0.300 e. The Morgan fingerprint density at radius 2 is 1.74 bits per heavy atom. The number of carbonyl (C=O) groups is 1. The fourth-order valence-electron chi connectivity index (χ4n) is 3.49. The van der Waals surface area contributed by atoms with Crippen LogP contribution in [0.5, 0.6) is 0 Å². The van der Waals surface area contributed by atoms with Crippen molar-refractivity contribution in [2.75, 3.05) is 18.4 Å². The van der Waals surface area contributed by atoms with Gasteiger partial charge >= 0.3 is 0 Å². The molecule has 1 aliphatic rings. The van der Waals surface area contributed by atoms with Crippen molar-refractivity contribution in [3.63, 3.8) is 0 Å². The van der Waals surface area contributed by atoms with Crippen LogP contribution in [0.25, 0.3) is 0 Å². The summed E-state index contributed by atoms with van der Waals surface area (Å²) < 4.78 is 28.1. The molecule has 2 aromatic rings. The molecule has 1 amide bonds. The number of rotatable bonds is 4. The maximum Gasteiger partial charge on any atom is 0.243 e. The van der Waals surface area contributed by atoms with Crippen molar-refractivity contribution in [3.8, 4) is 0 Å². The summed E-state index contributed by atoms with van der Waals surface area (Å²) in [6, 6.07) is 2.02. The third-order valence-corrected chi connectivity index (χ3v) is 8.09. The normalized spacial score (nSPS) is 16.4. The molecule has 0 bridgehead atoms. The van der Waals surface area contributed by atoms with Gasteiger partial charge in [0.15, 0.2) is 0 Å². The Morgan fingerprint density at radius 3 is 2.26 bits per heavy atom. The molecule has 9 heteroatoms. The number of piperidine rings is 1. The highest BCUT2D eigenvalue weighted by Gasteiger charge is 2.34. The van der Waals surface area contributed by atoms with Crippen LogP contribution in [-0.2, 0) is 14.8 Å². The van der Waals surface area contributed by atoms with Crippen molar-refractivity contribution in [1.29, 1.82) is 0 Å². The standard InChI is InChI=1S/C18H24N4O3S2/c1-11-9-12(2)14(4)16(13(11)3)27(24,25)22-7-5-15(6-8-22)17(23)20-18-21-19-10-26-18/h9-10,15H,5-8H2,1-4H3,(H,20,21,23). The van der Waals surface area contributed by atoms with Crippen LogP contribution >= 0.6 is 11.3 Å². The van der Waals surface area contributed by atoms with Gasteiger partial charge in [-0.1, -0.05) is 17.4 Å². The number of aryl methyl sites for hydroxylation is 2. The first-order chi connectivity index (χ1) is 12.7. The SMILES string of the molecule is Cc1cc(C)c(C)c(S(=O)(=O)N2CCC(C(=O)Nc3nncs3)CC2)c1C. The Bertz CT molecular complexity index is 921. The maximum atomic E-state index is 13.3. The number of carbonyl (C=O) groups excluding carboxylic acids is 1. The van der Waals surface area contributed by atoms with Gasteiger partial charge in [0.1, 0.15) is 5.51 Å². The Morgan fingerprint density at radius 1 is 1.15 bits per heavy atom. The summed E-state index contributed by atoms with van der Waals surface area (Å²) in [7, 11) is -3.59. The molecule has 0 atom stereocenters. The molecule has 1 N–H and O–H groups in total. The molecule has 146 valence electrons. The average Bonchev–Trinajstić information content (AvgIpc) is 3.13. The second-order valence-corrected chi connectivity index (χ2v) is 9.71. The number of hydrogen-bond acceptors (Lipinski definition) is 6. The lowest BCUT2D eigenvalue weighted by Crippen LogP contribution is -2.41. The van der Waals surface area contributed by atoms with Crippen LogP contribution < -0.4 is 5.32 Å². The minimum Gasteiger partial charge on any atom is -0.300 e. The van der Waals surface area contributed by atoms with Crippen molar-refractivity contribution in [2.45, 2.75) is 45.4 Å². The lowest BCUT2D eigenvalue weighted by molar-refractivity contribution is -0.120. The highest BCUT2D eigenvalue weighted by molar-refractivity contribution is 7.89. The van der Waals surface area contributed by atoms with Gasteiger partial charge in [0.2, 0.25) is 21.1 Å². The van der Waals surface area contributed by atoms with Gasteiger partial charge in [-0.3, -0.25) is 4.79 Å². The van der Waals surface area contributed by atoms with Gasteiger partial charge in [0.05, 0.1) is 4.90 Å². The number of sulfonamides is 1. The zero-order valence-electron chi connectivity index (χ0n) is 15.9. The van der Waals surface area contributed by atoms with E-state index in [0.717, 1.165) is 22.3 Å². The van der Waals surface area contributed by atoms with Gasteiger partial charge in [0, 0.05) is 19.0 Å². The predicted octanol–water partition coefficient (Wildman–Crippen LogP) is 2.81. The van der Waals surface area contributed by atoms with Gasteiger partial charge in [0.25, 0.3) is 0 Å². The molecule has 27 heavy (non-hydrogen) atoms. The molecular formula is C18H24N4O3S2. The summed E-state index contributed by atoms with van der Waals surface area (Å²) >= 11 is 1.26. The maximum absolute atomic E-state index is 13.3. The predicted molar refractivity (Wildman–Crippen MR) is 105 cm³/mol. The van der Waals surface area contributed by atoms with Crippen LogP contribution in [0.15, 0.2) is 16.5 Å². The smallest absolute Gasteiger partial charge is 0.243 e. The van der Waals surface area contributed by atoms with E-state index in [2.05, 4.69) is 15.5 Å². The Hall–Kier alpha value is -1.84. The summed E-state index contributed by atoms with van der Waals surface area (Å²) in [6.07, 6.45) is 0.986. The number of nitrogens with one attached hydrogen (secondary N) is 1. The van der Waals surface area contributed by atoms with Crippen molar-refractivity contribution in [3.05, 3.63) is 33.8 Å². The molecule has 7 nitrogen and oxygen atoms in total. The van der Waals surface area contributed by atoms with E-state index in [1.54, 1.807) is 5.51 Å². The van der Waals surface area contributed by atoms with Crippen LogP contribution in [0.1, 0.15) is 35.1 Å². The van der Waals surface area contributed by atoms with E-state index in [1.807, 2.05) is 33.8 Å². The molecule has 1 aromatic heterocycles. The number of hydrogen-bond donors (Lipinski definition) is 1. The lowest BCUT2D eigenvalue weighted by atomic mass is 9.97. The lowest BCUT2D eigenvalue weighted by Gasteiger charge is -2.31. The number of nitrogens with zero attached hydrogens (tertiary/aromatic N) is 3. The van der Waals surface area contributed by atoms with Crippen LogP contribution in [0.4, 0.5) is 5.13 Å². The first-order valence-corrected chi connectivity index (χ1v) is 11.2. The molecular weight excluding hydrogens is 384 g/mol. The molecule has 0 spiro atoms. The van der Waals surface area contributed by atoms with E-state index < -0.39 is 10.0 Å². The molecule has 2 heterocycles. The third kappa shape index (κ3) is 3.90. The van der Waals surface area contributed by atoms with E-state index in [9.17, 15) is 13.2 Å². The van der Waals surface area contributed by atoms with E-state index in [0.29, 0.717) is 36.0 Å². The van der Waals surface area contributed by atoms with Crippen LogP contribution in [0.2, 0.25) is 0 Å². The number of anilines is 1. The van der Waals surface area contributed by atoms with Crippen LogP contribution in [0, 0.1) is 33.6 Å². The van der Waals surface area contributed by atoms with E-state index >= 15 is 0 Å². The average molecular weight is 409 g/mol. The Labute approximate surface area is 163 Å². The minimum atomic E-state index is -3.59. The summed E-state index contributed by atoms with van der Waals surface area (Å²) in [5, 5.41) is 10.7. The summed E-state index contributed by atoms with van der Waals surface area (Å²) in [6.45, 7) is 8.26. The first kappa shape index (κ1) is 19.9. The second-order valence-electron chi connectivity index (χ2n) is 7.00. The van der Waals surface area contributed by atoms with Crippen molar-refractivity contribution < 1.29 is 13.2 Å². The van der Waals surface area contributed by atoms with Crippen molar-refractivity contribution in [1.82, 2.24) is 14.5 Å². The van der Waals surface area contributed by atoms with E-state index in [4.69, 9.17) is 0 Å². The zero-order chi connectivity index (χ0) is 19.8. The Kier molecular flexibility index (Phi) is 5.64. The minimum absolute atomic E-state index is 0.123. The van der Waals surface area contributed by atoms with Gasteiger partial charge in [-0.05, 0) is 62.8 Å². The first-order valence-electron chi connectivity index (χ1n) is 8.86. The Balaban J connectivity index is 1.75. The van der Waals surface area contributed by atoms with Gasteiger partial charge < -0.3 is 5.32 Å². The topological polar surface area (TPSA) is 92.3 Å². The van der Waals surface area contributed by atoms with E-state index in [1.165, 1.54) is 15.6 Å². The molecule has 1 aliphatic heterocycles. The van der Waals surface area contributed by atoms with Crippen molar-refractivity contribution in [2.24, 2.45) is 5.92 Å². The molecule has 1 saturated heterocycles. The molecule has 1 aromatic carbocycles. The van der Waals surface area contributed by atoms with Gasteiger partial charge in [-0.25, -0.2) is 8.42 Å². The van der Waals surface area contributed by atoms with E-state index in [-0.39, 0.29) is 11.8 Å². The fraction of sp³-hybridized carbons (Fsp3) is 0.500. The summed E-state index contributed by atoms with van der Waals surface area (Å²) in [5.41, 5.74) is 5.11. The molecule has 0 unspecified atom stereocenters. The monoisotopic (exact) mass is 408 g/mol. The van der Waals surface area contributed by atoms with Gasteiger partial charge in [-0.2, -0.15) is 4.31 Å². The quantitative estimate of drug-likeness (QED) is 0.840. The highest BCUT2D eigenvalue weighted by atomic mass is 32.2. The molecule has 0 aliphatic carbocycles. The summed E-state index contributed by atoms with van der Waals surface area (Å²) in [5.74, 6) is -0.343. The zero-order valence-corrected chi connectivity index (χ0v) is 17.6. The molecule has 0 radical (unpaired) electrons.